The molecule has 0 radical (unpaired) electrons. The molecule has 2 aromatic rings. The highest BCUT2D eigenvalue weighted by molar-refractivity contribution is 5.95. The van der Waals surface area contributed by atoms with Crippen molar-refractivity contribution < 1.29 is 9.18 Å². The smallest absolute Gasteiger partial charge is 0.251 e. The fraction of sp³-hybridized carbons (Fsp3) is 0.333. The van der Waals surface area contributed by atoms with Crippen LogP contribution in [0.2, 0.25) is 0 Å². The van der Waals surface area contributed by atoms with Crippen molar-refractivity contribution in [3.63, 3.8) is 0 Å². The lowest BCUT2D eigenvalue weighted by Gasteiger charge is -2.08. The monoisotopic (exact) mass is 290 g/mol. The van der Waals surface area contributed by atoms with Gasteiger partial charge < -0.3 is 11.1 Å². The molecule has 0 atom stereocenters. The summed E-state index contributed by atoms with van der Waals surface area (Å²) >= 11 is 0. The number of anilines is 1. The van der Waals surface area contributed by atoms with Gasteiger partial charge in [-0.3, -0.25) is 9.48 Å². The minimum Gasteiger partial charge on any atom is -0.398 e. The van der Waals surface area contributed by atoms with Crippen molar-refractivity contribution in [1.29, 1.82) is 0 Å². The molecule has 0 saturated heterocycles. The minimum atomic E-state index is -0.476. The van der Waals surface area contributed by atoms with Crippen LogP contribution in [0.5, 0.6) is 0 Å². The molecule has 1 amide bonds. The predicted octanol–water partition coefficient (Wildman–Crippen LogP) is 1.94. The Bertz CT molecular complexity index is 655. The third kappa shape index (κ3) is 3.21. The van der Waals surface area contributed by atoms with E-state index in [0.717, 1.165) is 17.7 Å². The van der Waals surface area contributed by atoms with Gasteiger partial charge in [0.05, 0.1) is 5.69 Å². The van der Waals surface area contributed by atoms with Gasteiger partial charge in [0.2, 0.25) is 0 Å². The topological polar surface area (TPSA) is 72.9 Å². The Labute approximate surface area is 123 Å². The van der Waals surface area contributed by atoms with E-state index in [2.05, 4.69) is 10.4 Å². The number of hydrogen-bond donors (Lipinski definition) is 2. The van der Waals surface area contributed by atoms with Gasteiger partial charge in [0.1, 0.15) is 5.82 Å². The molecule has 2 rings (SSSR count). The number of nitrogens with one attached hydrogen (secondary N) is 1. The maximum Gasteiger partial charge on any atom is 0.251 e. The summed E-state index contributed by atoms with van der Waals surface area (Å²) in [6.07, 6.45) is 2.65. The number of benzene rings is 1. The largest absolute Gasteiger partial charge is 0.398 e. The third-order valence-corrected chi connectivity index (χ3v) is 3.41. The van der Waals surface area contributed by atoms with Gasteiger partial charge >= 0.3 is 0 Å². The molecule has 5 nitrogen and oxygen atoms in total. The maximum atomic E-state index is 13.6. The van der Waals surface area contributed by atoms with Gasteiger partial charge in [-0.15, -0.1) is 0 Å². The number of nitrogen functional groups attached to an aromatic ring is 1. The first-order valence-electron chi connectivity index (χ1n) is 6.77. The van der Waals surface area contributed by atoms with Crippen LogP contribution in [0, 0.1) is 12.7 Å². The number of halogens is 1. The number of aryl methyl sites for hydroxylation is 2. The Morgan fingerprint density at radius 2 is 2.19 bits per heavy atom. The number of carbonyl (C=O) groups excluding carboxylic acids is 1. The highest BCUT2D eigenvalue weighted by atomic mass is 19.1. The van der Waals surface area contributed by atoms with E-state index in [1.807, 2.05) is 20.2 Å². The van der Waals surface area contributed by atoms with E-state index in [-0.39, 0.29) is 17.2 Å². The zero-order chi connectivity index (χ0) is 15.6. The van der Waals surface area contributed by atoms with E-state index in [1.54, 1.807) is 11.6 Å². The van der Waals surface area contributed by atoms with E-state index in [1.165, 1.54) is 12.1 Å². The summed E-state index contributed by atoms with van der Waals surface area (Å²) in [5, 5.41) is 7.07. The van der Waals surface area contributed by atoms with Gasteiger partial charge in [-0.1, -0.05) is 6.92 Å². The average Bonchev–Trinajstić information content (AvgIpc) is 2.81. The highest BCUT2D eigenvalue weighted by Crippen LogP contribution is 2.17. The van der Waals surface area contributed by atoms with Gasteiger partial charge in [-0.25, -0.2) is 4.39 Å². The summed E-state index contributed by atoms with van der Waals surface area (Å²) in [5.41, 5.74) is 8.42. The summed E-state index contributed by atoms with van der Waals surface area (Å²) in [4.78, 5) is 12.1. The highest BCUT2D eigenvalue weighted by Gasteiger charge is 2.12. The van der Waals surface area contributed by atoms with Crippen LogP contribution in [-0.2, 0) is 20.0 Å². The van der Waals surface area contributed by atoms with Gasteiger partial charge in [0.15, 0.2) is 0 Å². The average molecular weight is 290 g/mol. The summed E-state index contributed by atoms with van der Waals surface area (Å²) < 4.78 is 15.3. The Morgan fingerprint density at radius 3 is 2.81 bits per heavy atom. The van der Waals surface area contributed by atoms with Crippen LogP contribution in [-0.4, -0.2) is 15.7 Å². The lowest BCUT2D eigenvalue weighted by atomic mass is 10.1. The van der Waals surface area contributed by atoms with Crippen molar-refractivity contribution in [2.24, 2.45) is 7.05 Å². The first-order valence-corrected chi connectivity index (χ1v) is 6.77. The molecule has 0 unspecified atom stereocenters. The second kappa shape index (κ2) is 5.95. The van der Waals surface area contributed by atoms with Crippen molar-refractivity contribution in [3.8, 4) is 0 Å². The van der Waals surface area contributed by atoms with Crippen molar-refractivity contribution in [2.45, 2.75) is 26.8 Å². The third-order valence-electron chi connectivity index (χ3n) is 3.41. The van der Waals surface area contributed by atoms with Gasteiger partial charge in [-0.05, 0) is 25.5 Å². The number of hydrogen-bond acceptors (Lipinski definition) is 3. The molecule has 112 valence electrons. The van der Waals surface area contributed by atoms with E-state index < -0.39 is 5.82 Å². The number of rotatable bonds is 4. The Kier molecular flexibility index (Phi) is 4.26. The first-order chi connectivity index (χ1) is 9.92. The lowest BCUT2D eigenvalue weighted by molar-refractivity contribution is 0.0950. The molecule has 1 heterocycles. The second-order valence-corrected chi connectivity index (χ2v) is 4.98. The van der Waals surface area contributed by atoms with Crippen LogP contribution in [0.4, 0.5) is 10.1 Å². The fourth-order valence-electron chi connectivity index (χ4n) is 2.14. The number of carbonyl (C=O) groups is 1. The Morgan fingerprint density at radius 1 is 1.48 bits per heavy atom. The van der Waals surface area contributed by atoms with Gasteiger partial charge in [0.25, 0.3) is 5.91 Å². The summed E-state index contributed by atoms with van der Waals surface area (Å²) in [7, 11) is 1.83. The minimum absolute atomic E-state index is 0.220. The molecule has 1 aromatic carbocycles. The molecule has 0 aliphatic carbocycles. The number of aromatic nitrogens is 2. The molecule has 0 bridgehead atoms. The quantitative estimate of drug-likeness (QED) is 0.845. The van der Waals surface area contributed by atoms with Crippen LogP contribution < -0.4 is 11.1 Å². The van der Waals surface area contributed by atoms with Crippen molar-refractivity contribution in [3.05, 3.63) is 46.5 Å². The molecular weight excluding hydrogens is 271 g/mol. The van der Waals surface area contributed by atoms with E-state index >= 15 is 0 Å². The maximum absolute atomic E-state index is 13.6. The van der Waals surface area contributed by atoms with Crippen molar-refractivity contribution >= 4 is 11.6 Å². The van der Waals surface area contributed by atoms with Gasteiger partial charge in [0, 0.05) is 42.2 Å². The predicted molar refractivity (Wildman–Crippen MR) is 79.3 cm³/mol. The molecule has 21 heavy (non-hydrogen) atoms. The van der Waals surface area contributed by atoms with Crippen LogP contribution in [0.1, 0.15) is 34.1 Å². The Balaban J connectivity index is 2.11. The molecule has 0 aliphatic rings. The molecule has 6 heteroatoms. The summed E-state index contributed by atoms with van der Waals surface area (Å²) in [6.45, 7) is 3.93. The van der Waals surface area contributed by atoms with Crippen LogP contribution in [0.15, 0.2) is 18.3 Å². The normalized spacial score (nSPS) is 10.7. The van der Waals surface area contributed by atoms with Crippen molar-refractivity contribution in [1.82, 2.24) is 15.1 Å². The SMILES string of the molecule is CCc1nn(C)cc1CNC(=O)c1cc(N)c(C)c(F)c1. The number of nitrogens with two attached hydrogens (primary N) is 1. The zero-order valence-corrected chi connectivity index (χ0v) is 12.4. The van der Waals surface area contributed by atoms with Crippen LogP contribution in [0.3, 0.4) is 0 Å². The summed E-state index contributed by atoms with van der Waals surface area (Å²) in [5.74, 6) is -0.831. The van der Waals surface area contributed by atoms with Crippen LogP contribution in [0.25, 0.3) is 0 Å². The molecule has 0 spiro atoms. The lowest BCUT2D eigenvalue weighted by Crippen LogP contribution is -2.23. The standard InChI is InChI=1S/C15H19FN4O/c1-4-14-11(8-20(3)19-14)7-18-15(21)10-5-12(16)9(2)13(17)6-10/h5-6,8H,4,7,17H2,1-3H3,(H,18,21). The molecular formula is C15H19FN4O. The molecule has 1 aromatic heterocycles. The fourth-order valence-corrected chi connectivity index (χ4v) is 2.14. The Hall–Kier alpha value is -2.37. The van der Waals surface area contributed by atoms with Crippen LogP contribution >= 0.6 is 0 Å². The van der Waals surface area contributed by atoms with E-state index in [9.17, 15) is 9.18 Å². The van der Waals surface area contributed by atoms with Crippen molar-refractivity contribution in [2.75, 3.05) is 5.73 Å². The first kappa shape index (κ1) is 15.0. The zero-order valence-electron chi connectivity index (χ0n) is 12.4. The van der Waals surface area contributed by atoms with E-state index in [4.69, 9.17) is 5.73 Å². The molecule has 0 aliphatic heterocycles. The second-order valence-electron chi connectivity index (χ2n) is 4.98. The number of amides is 1. The van der Waals surface area contributed by atoms with Gasteiger partial charge in [-0.2, -0.15) is 5.10 Å². The number of nitrogens with zero attached hydrogens (tertiary/aromatic N) is 2. The van der Waals surface area contributed by atoms with E-state index in [0.29, 0.717) is 12.1 Å². The molecule has 0 fully saturated rings. The molecule has 3 N–H and O–H groups in total. The molecule has 0 saturated carbocycles. The summed E-state index contributed by atoms with van der Waals surface area (Å²) in [6, 6.07) is 2.68.